The number of benzene rings is 1. The van der Waals surface area contributed by atoms with Crippen molar-refractivity contribution >= 4 is 23.4 Å². The normalized spacial score (nSPS) is 21.3. The van der Waals surface area contributed by atoms with Gasteiger partial charge in [-0.2, -0.15) is 0 Å². The van der Waals surface area contributed by atoms with E-state index in [-0.39, 0.29) is 42.0 Å². The molecule has 2 heterocycles. The third-order valence-corrected chi connectivity index (χ3v) is 5.80. The molecule has 1 N–H and O–H groups in total. The van der Waals surface area contributed by atoms with Crippen LogP contribution in [0.5, 0.6) is 0 Å². The number of carbonyl (C=O) groups excluding carboxylic acids is 3. The average Bonchev–Trinajstić information content (AvgIpc) is 3.10. The maximum atomic E-state index is 12.9. The highest BCUT2D eigenvalue weighted by atomic mass is 16.5. The van der Waals surface area contributed by atoms with Gasteiger partial charge in [0.25, 0.3) is 0 Å². The molecule has 158 valence electrons. The molecule has 0 radical (unpaired) electrons. The molecule has 1 aromatic carbocycles. The second kappa shape index (κ2) is 9.39. The Balaban J connectivity index is 1.51. The van der Waals surface area contributed by atoms with E-state index >= 15 is 0 Å². The summed E-state index contributed by atoms with van der Waals surface area (Å²) >= 11 is 0. The second-order valence-corrected chi connectivity index (χ2v) is 8.21. The number of carbonyl (C=O) groups is 3. The lowest BCUT2D eigenvalue weighted by Gasteiger charge is -2.33. The van der Waals surface area contributed by atoms with Crippen LogP contribution < -0.4 is 10.2 Å². The lowest BCUT2D eigenvalue weighted by atomic mass is 9.94. The summed E-state index contributed by atoms with van der Waals surface area (Å²) in [5, 5.41) is 2.96. The monoisotopic (exact) mass is 401 g/mol. The van der Waals surface area contributed by atoms with Crippen molar-refractivity contribution in [3.8, 4) is 0 Å². The molecule has 2 fully saturated rings. The zero-order valence-corrected chi connectivity index (χ0v) is 17.5. The number of nitrogens with one attached hydrogen (secondary N) is 1. The first-order chi connectivity index (χ1) is 13.9. The number of piperidine rings is 1. The summed E-state index contributed by atoms with van der Waals surface area (Å²) in [4.78, 5) is 41.3. The maximum absolute atomic E-state index is 12.9. The highest BCUT2D eigenvalue weighted by molar-refractivity contribution is 6.00. The fraction of sp³-hybridized carbons (Fsp3) is 0.591. The first kappa shape index (κ1) is 21.3. The van der Waals surface area contributed by atoms with Crippen LogP contribution in [0.2, 0.25) is 0 Å². The Kier molecular flexibility index (Phi) is 6.90. The van der Waals surface area contributed by atoms with Crippen LogP contribution in [0.25, 0.3) is 0 Å². The van der Waals surface area contributed by atoms with Gasteiger partial charge in [0.15, 0.2) is 0 Å². The molecule has 3 amide bonds. The summed E-state index contributed by atoms with van der Waals surface area (Å²) in [6, 6.07) is 7.77. The molecule has 0 aromatic heterocycles. The number of anilines is 1. The van der Waals surface area contributed by atoms with Crippen molar-refractivity contribution in [2.24, 2.45) is 11.8 Å². The van der Waals surface area contributed by atoms with Gasteiger partial charge in [-0.1, -0.05) is 17.7 Å². The molecule has 3 rings (SSSR count). The van der Waals surface area contributed by atoms with E-state index in [1.165, 1.54) is 0 Å². The lowest BCUT2D eigenvalue weighted by molar-refractivity contribution is -0.139. The van der Waals surface area contributed by atoms with Crippen molar-refractivity contribution in [3.05, 3.63) is 29.8 Å². The molecule has 7 nitrogen and oxygen atoms in total. The van der Waals surface area contributed by atoms with E-state index in [0.29, 0.717) is 39.1 Å². The van der Waals surface area contributed by atoms with Crippen molar-refractivity contribution in [2.75, 3.05) is 38.3 Å². The molecular weight excluding hydrogens is 370 g/mol. The molecule has 0 bridgehead atoms. The SMILES string of the molecule is COC[C@@H](C)NC(=O)C1CCN(C(=O)[C@H]2CC(=O)N(c3ccc(C)cc3)C2)CC1. The van der Waals surface area contributed by atoms with Crippen LogP contribution in [0.15, 0.2) is 24.3 Å². The summed E-state index contributed by atoms with van der Waals surface area (Å²) in [5.41, 5.74) is 1.98. The third kappa shape index (κ3) is 5.15. The Morgan fingerprint density at radius 1 is 1.17 bits per heavy atom. The smallest absolute Gasteiger partial charge is 0.228 e. The van der Waals surface area contributed by atoms with E-state index in [1.54, 1.807) is 12.0 Å². The van der Waals surface area contributed by atoms with E-state index in [1.807, 2.05) is 43.0 Å². The molecule has 29 heavy (non-hydrogen) atoms. The number of methoxy groups -OCH3 is 1. The predicted octanol–water partition coefficient (Wildman–Crippen LogP) is 1.74. The van der Waals surface area contributed by atoms with E-state index < -0.39 is 0 Å². The number of amides is 3. The van der Waals surface area contributed by atoms with Gasteiger partial charge in [0.05, 0.1) is 12.5 Å². The fourth-order valence-corrected chi connectivity index (χ4v) is 4.12. The number of ether oxygens (including phenoxy) is 1. The standard InChI is InChI=1S/C22H31N3O4/c1-15-4-6-19(7-5-15)25-13-18(12-20(25)26)22(28)24-10-8-17(9-11-24)21(27)23-16(2)14-29-3/h4-7,16-18H,8-14H2,1-3H3,(H,23,27)/t16-,18+/m1/s1. The molecule has 2 saturated heterocycles. The van der Waals surface area contributed by atoms with Gasteiger partial charge in [0.1, 0.15) is 0 Å². The Bertz CT molecular complexity index is 741. The van der Waals surface area contributed by atoms with Gasteiger partial charge in [0.2, 0.25) is 17.7 Å². The topological polar surface area (TPSA) is 79.0 Å². The largest absolute Gasteiger partial charge is 0.383 e. The van der Waals surface area contributed by atoms with E-state index in [0.717, 1.165) is 11.3 Å². The van der Waals surface area contributed by atoms with Crippen molar-refractivity contribution < 1.29 is 19.1 Å². The summed E-state index contributed by atoms with van der Waals surface area (Å²) in [6.07, 6.45) is 1.56. The Morgan fingerprint density at radius 2 is 1.83 bits per heavy atom. The van der Waals surface area contributed by atoms with E-state index in [9.17, 15) is 14.4 Å². The lowest BCUT2D eigenvalue weighted by Crippen LogP contribution is -2.47. The highest BCUT2D eigenvalue weighted by Gasteiger charge is 2.38. The maximum Gasteiger partial charge on any atom is 0.228 e. The minimum atomic E-state index is -0.309. The number of nitrogens with zero attached hydrogens (tertiary/aromatic N) is 2. The molecule has 0 aliphatic carbocycles. The van der Waals surface area contributed by atoms with Crippen molar-refractivity contribution in [1.29, 1.82) is 0 Å². The average molecular weight is 402 g/mol. The van der Waals surface area contributed by atoms with Crippen LogP contribution in [0.1, 0.15) is 31.7 Å². The molecule has 2 atom stereocenters. The summed E-state index contributed by atoms with van der Waals surface area (Å²) in [6.45, 7) is 5.95. The Morgan fingerprint density at radius 3 is 2.45 bits per heavy atom. The van der Waals surface area contributed by atoms with E-state index in [2.05, 4.69) is 5.32 Å². The first-order valence-corrected chi connectivity index (χ1v) is 10.3. The number of aryl methyl sites for hydroxylation is 1. The van der Waals surface area contributed by atoms with Gasteiger partial charge in [-0.3, -0.25) is 14.4 Å². The molecule has 2 aliphatic heterocycles. The number of likely N-dealkylation sites (tertiary alicyclic amines) is 1. The molecule has 2 aliphatic rings. The van der Waals surface area contributed by atoms with Gasteiger partial charge in [-0.05, 0) is 38.8 Å². The van der Waals surface area contributed by atoms with Crippen LogP contribution in [0.4, 0.5) is 5.69 Å². The van der Waals surface area contributed by atoms with Crippen LogP contribution in [-0.2, 0) is 19.1 Å². The van der Waals surface area contributed by atoms with Crippen LogP contribution in [-0.4, -0.2) is 62.0 Å². The minimum Gasteiger partial charge on any atom is -0.383 e. The van der Waals surface area contributed by atoms with Crippen LogP contribution >= 0.6 is 0 Å². The van der Waals surface area contributed by atoms with Gasteiger partial charge in [-0.25, -0.2) is 0 Å². The molecule has 0 unspecified atom stereocenters. The van der Waals surface area contributed by atoms with Crippen molar-refractivity contribution in [2.45, 2.75) is 39.2 Å². The molecule has 1 aromatic rings. The molecular formula is C22H31N3O4. The van der Waals surface area contributed by atoms with E-state index in [4.69, 9.17) is 4.74 Å². The number of rotatable bonds is 6. The molecule has 7 heteroatoms. The van der Waals surface area contributed by atoms with Crippen LogP contribution in [0, 0.1) is 18.8 Å². The van der Waals surface area contributed by atoms with Gasteiger partial charge in [-0.15, -0.1) is 0 Å². The van der Waals surface area contributed by atoms with Gasteiger partial charge in [0, 0.05) is 50.8 Å². The highest BCUT2D eigenvalue weighted by Crippen LogP contribution is 2.28. The summed E-state index contributed by atoms with van der Waals surface area (Å²) in [5.74, 6) is -0.333. The third-order valence-electron chi connectivity index (χ3n) is 5.80. The van der Waals surface area contributed by atoms with Crippen molar-refractivity contribution in [3.63, 3.8) is 0 Å². The molecule has 0 saturated carbocycles. The second-order valence-electron chi connectivity index (χ2n) is 8.21. The zero-order chi connectivity index (χ0) is 21.0. The first-order valence-electron chi connectivity index (χ1n) is 10.3. The minimum absolute atomic E-state index is 0.00593. The van der Waals surface area contributed by atoms with Gasteiger partial charge < -0.3 is 19.9 Å². The molecule has 0 spiro atoms. The zero-order valence-electron chi connectivity index (χ0n) is 17.5. The predicted molar refractivity (Wildman–Crippen MR) is 110 cm³/mol. The van der Waals surface area contributed by atoms with Gasteiger partial charge >= 0.3 is 0 Å². The fourth-order valence-electron chi connectivity index (χ4n) is 4.12. The summed E-state index contributed by atoms with van der Waals surface area (Å²) in [7, 11) is 1.61. The summed E-state index contributed by atoms with van der Waals surface area (Å²) < 4.78 is 5.05. The number of hydrogen-bond acceptors (Lipinski definition) is 4. The Labute approximate surface area is 172 Å². The number of hydrogen-bond donors (Lipinski definition) is 1. The quantitative estimate of drug-likeness (QED) is 0.788. The van der Waals surface area contributed by atoms with Crippen LogP contribution in [0.3, 0.4) is 0 Å². The Hall–Kier alpha value is -2.41. The van der Waals surface area contributed by atoms with Crippen molar-refractivity contribution in [1.82, 2.24) is 10.2 Å².